The molecular weight excluding hydrogens is 579 g/mol. The van der Waals surface area contributed by atoms with E-state index in [1.807, 2.05) is 61.5 Å². The number of amides is 2. The van der Waals surface area contributed by atoms with Crippen molar-refractivity contribution in [3.8, 4) is 0 Å². The maximum absolute atomic E-state index is 13.7. The van der Waals surface area contributed by atoms with E-state index in [9.17, 15) is 9.59 Å². The Morgan fingerprint density at radius 2 is 1.61 bits per heavy atom. The predicted octanol–water partition coefficient (Wildman–Crippen LogP) is 7.16. The lowest BCUT2D eigenvalue weighted by atomic mass is 10.0. The van der Waals surface area contributed by atoms with Crippen molar-refractivity contribution in [1.82, 2.24) is 10.2 Å². The molecule has 0 aliphatic heterocycles. The summed E-state index contributed by atoms with van der Waals surface area (Å²) < 4.78 is 1.01. The van der Waals surface area contributed by atoms with Gasteiger partial charge in [-0.15, -0.1) is 11.8 Å². The molecule has 190 valence electrons. The van der Waals surface area contributed by atoms with Crippen LogP contribution in [-0.2, 0) is 28.3 Å². The van der Waals surface area contributed by atoms with E-state index in [1.165, 1.54) is 11.8 Å². The van der Waals surface area contributed by atoms with Gasteiger partial charge in [-0.25, -0.2) is 0 Å². The summed E-state index contributed by atoms with van der Waals surface area (Å²) in [5, 5.41) is 3.92. The lowest BCUT2D eigenvalue weighted by Crippen LogP contribution is -2.51. The SMILES string of the molecule is CCCNC(=O)[C@H](Cc1ccccc1)N(Cc1c(Cl)cccc1Cl)C(=O)CSCc1ccc(Br)cc1. The van der Waals surface area contributed by atoms with Crippen LogP contribution >= 0.6 is 50.9 Å². The highest BCUT2D eigenvalue weighted by molar-refractivity contribution is 9.10. The molecule has 4 nitrogen and oxygen atoms in total. The topological polar surface area (TPSA) is 49.4 Å². The summed E-state index contributed by atoms with van der Waals surface area (Å²) >= 11 is 17.9. The summed E-state index contributed by atoms with van der Waals surface area (Å²) in [7, 11) is 0. The third-order valence-corrected chi connectivity index (χ3v) is 7.84. The fourth-order valence-electron chi connectivity index (χ4n) is 3.69. The Bertz CT molecular complexity index is 1130. The molecule has 0 saturated carbocycles. The lowest BCUT2D eigenvalue weighted by molar-refractivity contribution is -0.139. The van der Waals surface area contributed by atoms with Gasteiger partial charge in [0.25, 0.3) is 0 Å². The number of hydrogen-bond donors (Lipinski definition) is 1. The minimum atomic E-state index is -0.702. The molecule has 3 aromatic rings. The fourth-order valence-corrected chi connectivity index (χ4v) is 5.35. The number of rotatable bonds is 12. The summed E-state index contributed by atoms with van der Waals surface area (Å²) in [6, 6.07) is 22.3. The molecule has 0 heterocycles. The van der Waals surface area contributed by atoms with E-state index >= 15 is 0 Å². The highest BCUT2D eigenvalue weighted by Crippen LogP contribution is 2.28. The van der Waals surface area contributed by atoms with Crippen molar-refractivity contribution < 1.29 is 9.59 Å². The number of nitrogens with zero attached hydrogens (tertiary/aromatic N) is 1. The second-order valence-electron chi connectivity index (χ2n) is 8.34. The molecule has 0 unspecified atom stereocenters. The second-order valence-corrected chi connectivity index (χ2v) is 11.1. The van der Waals surface area contributed by atoms with E-state index in [1.54, 1.807) is 23.1 Å². The van der Waals surface area contributed by atoms with Crippen molar-refractivity contribution in [2.24, 2.45) is 0 Å². The number of carbonyl (C=O) groups is 2. The molecule has 0 aliphatic carbocycles. The molecule has 3 aromatic carbocycles. The highest BCUT2D eigenvalue weighted by Gasteiger charge is 2.31. The van der Waals surface area contributed by atoms with Crippen molar-refractivity contribution >= 4 is 62.7 Å². The molecular formula is C28H29BrCl2N2O2S. The number of thioether (sulfide) groups is 1. The van der Waals surface area contributed by atoms with Gasteiger partial charge in [-0.05, 0) is 41.8 Å². The van der Waals surface area contributed by atoms with Gasteiger partial charge in [-0.2, -0.15) is 0 Å². The summed E-state index contributed by atoms with van der Waals surface area (Å²) in [4.78, 5) is 28.6. The van der Waals surface area contributed by atoms with Crippen LogP contribution in [0.25, 0.3) is 0 Å². The van der Waals surface area contributed by atoms with E-state index < -0.39 is 6.04 Å². The molecule has 0 aromatic heterocycles. The molecule has 0 bridgehead atoms. The quantitative estimate of drug-likeness (QED) is 0.238. The molecule has 2 amide bonds. The zero-order valence-corrected chi connectivity index (χ0v) is 24.0. The summed E-state index contributed by atoms with van der Waals surface area (Å²) in [6.45, 7) is 2.68. The molecule has 3 rings (SSSR count). The zero-order chi connectivity index (χ0) is 25.9. The lowest BCUT2D eigenvalue weighted by Gasteiger charge is -2.32. The van der Waals surface area contributed by atoms with Gasteiger partial charge in [-0.1, -0.05) is 94.6 Å². The first-order valence-corrected chi connectivity index (χ1v) is 14.5. The smallest absolute Gasteiger partial charge is 0.243 e. The van der Waals surface area contributed by atoms with Crippen LogP contribution in [0.5, 0.6) is 0 Å². The maximum Gasteiger partial charge on any atom is 0.243 e. The minimum Gasteiger partial charge on any atom is -0.354 e. The fraction of sp³-hybridized carbons (Fsp3) is 0.286. The van der Waals surface area contributed by atoms with E-state index in [4.69, 9.17) is 23.2 Å². The van der Waals surface area contributed by atoms with Gasteiger partial charge in [0.05, 0.1) is 5.75 Å². The Kier molecular flexibility index (Phi) is 11.6. The summed E-state index contributed by atoms with van der Waals surface area (Å²) in [5.41, 5.74) is 2.73. The first-order chi connectivity index (χ1) is 17.4. The van der Waals surface area contributed by atoms with Crippen LogP contribution in [0.4, 0.5) is 0 Å². The third kappa shape index (κ3) is 8.55. The predicted molar refractivity (Wildman–Crippen MR) is 155 cm³/mol. The molecule has 0 fully saturated rings. The van der Waals surface area contributed by atoms with E-state index in [0.717, 1.165) is 22.0 Å². The van der Waals surface area contributed by atoms with Crippen molar-refractivity contribution in [1.29, 1.82) is 0 Å². The van der Waals surface area contributed by atoms with E-state index in [2.05, 4.69) is 21.2 Å². The summed E-state index contributed by atoms with van der Waals surface area (Å²) in [5.74, 6) is 0.589. The van der Waals surface area contributed by atoms with Crippen molar-refractivity contribution in [3.63, 3.8) is 0 Å². The largest absolute Gasteiger partial charge is 0.354 e. The molecule has 0 spiro atoms. The normalized spacial score (nSPS) is 11.7. The van der Waals surface area contributed by atoms with Crippen LogP contribution < -0.4 is 5.32 Å². The van der Waals surface area contributed by atoms with Crippen LogP contribution in [-0.4, -0.2) is 35.1 Å². The third-order valence-electron chi connectivity index (χ3n) is 5.62. The van der Waals surface area contributed by atoms with Crippen LogP contribution in [0.2, 0.25) is 10.0 Å². The molecule has 0 aliphatic rings. The Morgan fingerprint density at radius 3 is 2.25 bits per heavy atom. The molecule has 1 N–H and O–H groups in total. The van der Waals surface area contributed by atoms with Crippen LogP contribution in [0.15, 0.2) is 77.3 Å². The van der Waals surface area contributed by atoms with Gasteiger partial charge in [-0.3, -0.25) is 9.59 Å². The van der Waals surface area contributed by atoms with Gasteiger partial charge < -0.3 is 10.2 Å². The van der Waals surface area contributed by atoms with Gasteiger partial charge in [0.1, 0.15) is 6.04 Å². The minimum absolute atomic E-state index is 0.138. The van der Waals surface area contributed by atoms with E-state index in [0.29, 0.717) is 34.3 Å². The van der Waals surface area contributed by atoms with Crippen LogP contribution in [0, 0.1) is 0 Å². The van der Waals surface area contributed by atoms with Crippen molar-refractivity contribution in [2.45, 2.75) is 38.1 Å². The van der Waals surface area contributed by atoms with Crippen LogP contribution in [0.3, 0.4) is 0 Å². The molecule has 8 heteroatoms. The number of nitrogens with one attached hydrogen (secondary N) is 1. The monoisotopic (exact) mass is 606 g/mol. The second kappa shape index (κ2) is 14.7. The Hall–Kier alpha value is -1.99. The average molecular weight is 608 g/mol. The van der Waals surface area contributed by atoms with Gasteiger partial charge >= 0.3 is 0 Å². The Labute approximate surface area is 235 Å². The number of hydrogen-bond acceptors (Lipinski definition) is 3. The summed E-state index contributed by atoms with van der Waals surface area (Å²) in [6.07, 6.45) is 1.19. The van der Waals surface area contributed by atoms with Crippen molar-refractivity contribution in [3.05, 3.63) is 104 Å². The molecule has 0 saturated heterocycles. The van der Waals surface area contributed by atoms with Gasteiger partial charge in [0, 0.05) is 45.3 Å². The molecule has 1 atom stereocenters. The van der Waals surface area contributed by atoms with Crippen molar-refractivity contribution in [2.75, 3.05) is 12.3 Å². The maximum atomic E-state index is 13.7. The zero-order valence-electron chi connectivity index (χ0n) is 20.1. The number of halogens is 3. The van der Waals surface area contributed by atoms with Crippen LogP contribution in [0.1, 0.15) is 30.0 Å². The molecule has 36 heavy (non-hydrogen) atoms. The Balaban J connectivity index is 1.87. The average Bonchev–Trinajstić information content (AvgIpc) is 2.88. The number of benzene rings is 3. The first kappa shape index (κ1) is 28.6. The van der Waals surface area contributed by atoms with Gasteiger partial charge in [0.15, 0.2) is 0 Å². The number of carbonyl (C=O) groups excluding carboxylic acids is 2. The molecule has 0 radical (unpaired) electrons. The van der Waals surface area contributed by atoms with Gasteiger partial charge in [0.2, 0.25) is 11.8 Å². The Morgan fingerprint density at radius 1 is 0.944 bits per heavy atom. The highest BCUT2D eigenvalue weighted by atomic mass is 79.9. The first-order valence-electron chi connectivity index (χ1n) is 11.7. The van der Waals surface area contributed by atoms with E-state index in [-0.39, 0.29) is 24.1 Å². The standard InChI is InChI=1S/C28H29BrCl2N2O2S/c1-2-15-32-28(35)26(16-20-7-4-3-5-8-20)33(17-23-24(30)9-6-10-25(23)31)27(34)19-36-18-21-11-13-22(29)14-12-21/h3-14,26H,2,15-19H2,1H3,(H,32,35)/t26-/m0/s1.